The number of methoxy groups -OCH3 is 1. The predicted octanol–water partition coefficient (Wildman–Crippen LogP) is 0.480. The minimum absolute atomic E-state index is 0.122. The molecule has 0 saturated heterocycles. The fraction of sp³-hybridized carbons (Fsp3) is 1.00. The van der Waals surface area contributed by atoms with Crippen LogP contribution in [0.5, 0.6) is 0 Å². The van der Waals surface area contributed by atoms with E-state index in [4.69, 9.17) is 5.11 Å². The molecule has 0 heterocycles. The standard InChI is InChI=1S/C3H8O2.CH3Cl/c1-5-3-2-4;1-2/h4H,2-3H2,1H3;1H3. The van der Waals surface area contributed by atoms with Gasteiger partial charge in [0.15, 0.2) is 0 Å². The van der Waals surface area contributed by atoms with Crippen LogP contribution in [0, 0.1) is 0 Å². The maximum atomic E-state index is 7.94. The minimum Gasteiger partial charge on any atom is -0.394 e. The Morgan fingerprint density at radius 2 is 2.00 bits per heavy atom. The monoisotopic (exact) mass is 126 g/mol. The largest absolute Gasteiger partial charge is 0.394 e. The van der Waals surface area contributed by atoms with E-state index >= 15 is 0 Å². The Bertz CT molecular complexity index is 17.2. The number of alkyl halides is 1. The van der Waals surface area contributed by atoms with E-state index < -0.39 is 0 Å². The fourth-order valence-corrected chi connectivity index (χ4v) is 0.0913. The highest BCUT2D eigenvalue weighted by Gasteiger charge is 1.67. The van der Waals surface area contributed by atoms with E-state index in [1.54, 1.807) is 7.11 Å². The first kappa shape index (κ1) is 10.2. The Hall–Kier alpha value is 0.210. The van der Waals surface area contributed by atoms with Gasteiger partial charge in [0, 0.05) is 13.5 Å². The van der Waals surface area contributed by atoms with E-state index in [-0.39, 0.29) is 6.61 Å². The average molecular weight is 127 g/mol. The summed E-state index contributed by atoms with van der Waals surface area (Å²) in [6, 6.07) is 0. The molecule has 0 amide bonds. The van der Waals surface area contributed by atoms with E-state index in [0.717, 1.165) is 0 Å². The molecule has 0 aliphatic carbocycles. The summed E-state index contributed by atoms with van der Waals surface area (Å²) >= 11 is 4.64. The molecule has 0 saturated carbocycles. The number of ether oxygens (including phenoxy) is 1. The van der Waals surface area contributed by atoms with Gasteiger partial charge < -0.3 is 9.84 Å². The molecule has 7 heavy (non-hydrogen) atoms. The van der Waals surface area contributed by atoms with Gasteiger partial charge in [0.1, 0.15) is 0 Å². The molecule has 0 radical (unpaired) electrons. The minimum atomic E-state index is 0.122. The van der Waals surface area contributed by atoms with Gasteiger partial charge in [0.05, 0.1) is 13.2 Å². The first-order chi connectivity index (χ1) is 3.41. The number of halogens is 1. The first-order valence-corrected chi connectivity index (χ1v) is 2.65. The quantitative estimate of drug-likeness (QED) is 0.546. The summed E-state index contributed by atoms with van der Waals surface area (Å²) in [5, 5.41) is 7.94. The van der Waals surface area contributed by atoms with Crippen molar-refractivity contribution in [1.82, 2.24) is 0 Å². The number of aliphatic hydroxyl groups excluding tert-OH is 1. The third kappa shape index (κ3) is 22.5. The molecule has 0 bridgehead atoms. The number of hydrogen-bond acceptors (Lipinski definition) is 2. The maximum Gasteiger partial charge on any atom is 0.0693 e. The van der Waals surface area contributed by atoms with Gasteiger partial charge in [-0.15, -0.1) is 11.6 Å². The highest BCUT2D eigenvalue weighted by atomic mass is 35.5. The van der Waals surface area contributed by atoms with Crippen LogP contribution in [-0.2, 0) is 4.74 Å². The fourth-order valence-electron chi connectivity index (χ4n) is 0.0913. The molecule has 0 atom stereocenters. The van der Waals surface area contributed by atoms with Crippen LogP contribution in [0.15, 0.2) is 0 Å². The summed E-state index contributed by atoms with van der Waals surface area (Å²) < 4.78 is 4.44. The van der Waals surface area contributed by atoms with Crippen molar-refractivity contribution >= 4 is 11.6 Å². The van der Waals surface area contributed by atoms with Crippen molar-refractivity contribution in [3.8, 4) is 0 Å². The smallest absolute Gasteiger partial charge is 0.0693 e. The number of rotatable bonds is 2. The van der Waals surface area contributed by atoms with E-state index in [2.05, 4.69) is 16.3 Å². The highest BCUT2D eigenvalue weighted by Crippen LogP contribution is 1.56. The lowest BCUT2D eigenvalue weighted by atomic mass is 10.8. The second kappa shape index (κ2) is 16.4. The Balaban J connectivity index is 0. The van der Waals surface area contributed by atoms with Crippen LogP contribution in [0.4, 0.5) is 0 Å². The first-order valence-electron chi connectivity index (χ1n) is 1.89. The molecule has 0 unspecified atom stereocenters. The Morgan fingerprint density at radius 3 is 2.00 bits per heavy atom. The van der Waals surface area contributed by atoms with Gasteiger partial charge in [0.25, 0.3) is 0 Å². The van der Waals surface area contributed by atoms with Crippen molar-refractivity contribution in [2.24, 2.45) is 0 Å². The van der Waals surface area contributed by atoms with Crippen molar-refractivity contribution < 1.29 is 9.84 Å². The van der Waals surface area contributed by atoms with Crippen LogP contribution in [0.3, 0.4) is 0 Å². The average Bonchev–Trinajstić information content (AvgIpc) is 1.75. The zero-order chi connectivity index (χ0) is 6.12. The zero-order valence-corrected chi connectivity index (χ0v) is 5.40. The van der Waals surface area contributed by atoms with Gasteiger partial charge in [-0.2, -0.15) is 0 Å². The van der Waals surface area contributed by atoms with E-state index in [0.29, 0.717) is 6.61 Å². The molecular formula is C4H11ClO2. The molecule has 0 aliphatic heterocycles. The molecule has 46 valence electrons. The van der Waals surface area contributed by atoms with Gasteiger partial charge in [-0.1, -0.05) is 0 Å². The lowest BCUT2D eigenvalue weighted by molar-refractivity contribution is 0.135. The Morgan fingerprint density at radius 1 is 1.57 bits per heavy atom. The van der Waals surface area contributed by atoms with Gasteiger partial charge in [-0.25, -0.2) is 0 Å². The van der Waals surface area contributed by atoms with Crippen LogP contribution < -0.4 is 0 Å². The Labute approximate surface area is 49.1 Å². The summed E-state index contributed by atoms with van der Waals surface area (Å²) in [4.78, 5) is 0. The van der Waals surface area contributed by atoms with Gasteiger partial charge in [-0.3, -0.25) is 0 Å². The topological polar surface area (TPSA) is 29.5 Å². The van der Waals surface area contributed by atoms with E-state index in [1.165, 1.54) is 6.38 Å². The van der Waals surface area contributed by atoms with Gasteiger partial charge >= 0.3 is 0 Å². The van der Waals surface area contributed by atoms with Crippen LogP contribution in [0.1, 0.15) is 0 Å². The molecule has 0 aromatic rings. The molecule has 0 rings (SSSR count). The van der Waals surface area contributed by atoms with Crippen molar-refractivity contribution in [3.05, 3.63) is 0 Å². The molecule has 0 aromatic carbocycles. The van der Waals surface area contributed by atoms with Crippen molar-refractivity contribution in [1.29, 1.82) is 0 Å². The van der Waals surface area contributed by atoms with Crippen LogP contribution >= 0.6 is 11.6 Å². The predicted molar refractivity (Wildman–Crippen MR) is 30.7 cm³/mol. The molecular weight excluding hydrogens is 115 g/mol. The molecule has 1 N–H and O–H groups in total. The molecule has 0 aromatic heterocycles. The number of aliphatic hydroxyl groups is 1. The summed E-state index contributed by atoms with van der Waals surface area (Å²) in [7, 11) is 1.55. The molecule has 0 fully saturated rings. The van der Waals surface area contributed by atoms with Crippen molar-refractivity contribution in [2.75, 3.05) is 26.7 Å². The molecule has 0 aliphatic rings. The summed E-state index contributed by atoms with van der Waals surface area (Å²) in [6.07, 6.45) is 1.47. The lowest BCUT2D eigenvalue weighted by Gasteiger charge is -1.84. The van der Waals surface area contributed by atoms with Crippen molar-refractivity contribution in [2.45, 2.75) is 0 Å². The van der Waals surface area contributed by atoms with E-state index in [9.17, 15) is 0 Å². The van der Waals surface area contributed by atoms with Gasteiger partial charge in [0.2, 0.25) is 0 Å². The summed E-state index contributed by atoms with van der Waals surface area (Å²) in [6.45, 7) is 0.566. The van der Waals surface area contributed by atoms with Crippen molar-refractivity contribution in [3.63, 3.8) is 0 Å². The maximum absolute atomic E-state index is 7.94. The highest BCUT2D eigenvalue weighted by molar-refractivity contribution is 6.15. The zero-order valence-electron chi connectivity index (χ0n) is 4.65. The van der Waals surface area contributed by atoms with Crippen LogP contribution in [0.2, 0.25) is 0 Å². The van der Waals surface area contributed by atoms with Gasteiger partial charge in [-0.05, 0) is 0 Å². The van der Waals surface area contributed by atoms with E-state index in [1.807, 2.05) is 0 Å². The van der Waals surface area contributed by atoms with Crippen LogP contribution in [0.25, 0.3) is 0 Å². The third-order valence-corrected chi connectivity index (χ3v) is 0.295. The molecule has 3 heteroatoms. The SMILES string of the molecule is CCl.COCCO. The summed E-state index contributed by atoms with van der Waals surface area (Å²) in [5.74, 6) is 0. The third-order valence-electron chi connectivity index (χ3n) is 0.295. The second-order valence-electron chi connectivity index (χ2n) is 0.716. The van der Waals surface area contributed by atoms with Crippen LogP contribution in [-0.4, -0.2) is 31.8 Å². The summed E-state index contributed by atoms with van der Waals surface area (Å²) in [5.41, 5.74) is 0. The molecule has 2 nitrogen and oxygen atoms in total. The molecule has 0 spiro atoms. The number of hydrogen-bond donors (Lipinski definition) is 1. The Kier molecular flexibility index (Phi) is 23.9. The normalized spacial score (nSPS) is 6.86. The lowest BCUT2D eigenvalue weighted by Crippen LogP contribution is -1.91. The second-order valence-corrected chi connectivity index (χ2v) is 0.716.